The summed E-state index contributed by atoms with van der Waals surface area (Å²) >= 11 is 0. The number of rotatable bonds is 4. The highest BCUT2D eigenvalue weighted by Crippen LogP contribution is 2.05. The molecule has 1 unspecified atom stereocenters. The van der Waals surface area contributed by atoms with E-state index in [1.54, 1.807) is 11.0 Å². The third-order valence-corrected chi connectivity index (χ3v) is 1.79. The van der Waals surface area contributed by atoms with E-state index in [1.165, 1.54) is 0 Å². The highest BCUT2D eigenvalue weighted by molar-refractivity contribution is 5.78. The van der Waals surface area contributed by atoms with Crippen molar-refractivity contribution in [3.05, 3.63) is 12.7 Å². The monoisotopic (exact) mass is 155 g/mol. The highest BCUT2D eigenvalue weighted by Gasteiger charge is 2.13. The Morgan fingerprint density at radius 1 is 1.73 bits per heavy atom. The van der Waals surface area contributed by atoms with Gasteiger partial charge >= 0.3 is 0 Å². The molecule has 1 atom stereocenters. The summed E-state index contributed by atoms with van der Waals surface area (Å²) < 4.78 is 0. The summed E-state index contributed by atoms with van der Waals surface area (Å²) in [4.78, 5) is 13.1. The molecule has 0 heterocycles. The molecule has 0 aliphatic heterocycles. The summed E-state index contributed by atoms with van der Waals surface area (Å²) in [7, 11) is 1.82. The number of carbonyl (C=O) groups is 1. The van der Waals surface area contributed by atoms with Crippen LogP contribution in [0.25, 0.3) is 0 Å². The minimum atomic E-state index is 0.0810. The predicted molar refractivity (Wildman–Crippen MR) is 47.3 cm³/mol. The fourth-order valence-electron chi connectivity index (χ4n) is 0.883. The van der Waals surface area contributed by atoms with Gasteiger partial charge in [0.25, 0.3) is 0 Å². The Morgan fingerprint density at radius 3 is 2.64 bits per heavy atom. The van der Waals surface area contributed by atoms with E-state index < -0.39 is 0 Å². The normalized spacial score (nSPS) is 12.3. The number of hydrogen-bond acceptors (Lipinski definition) is 1. The van der Waals surface area contributed by atoms with Gasteiger partial charge in [0.1, 0.15) is 0 Å². The van der Waals surface area contributed by atoms with Gasteiger partial charge in [0.15, 0.2) is 0 Å². The van der Waals surface area contributed by atoms with Crippen molar-refractivity contribution < 1.29 is 4.79 Å². The third kappa shape index (κ3) is 3.21. The number of hydrogen-bond donors (Lipinski definition) is 0. The summed E-state index contributed by atoms with van der Waals surface area (Å²) in [6, 6.07) is 0. The first kappa shape index (κ1) is 10.2. The van der Waals surface area contributed by atoms with Crippen molar-refractivity contribution in [3.8, 4) is 0 Å². The van der Waals surface area contributed by atoms with Gasteiger partial charge in [0.2, 0.25) is 5.91 Å². The molecule has 0 aromatic rings. The maximum Gasteiger partial charge on any atom is 0.225 e. The van der Waals surface area contributed by atoms with Crippen LogP contribution in [-0.2, 0) is 4.79 Å². The lowest BCUT2D eigenvalue weighted by Crippen LogP contribution is -2.31. The number of allylic oxidation sites excluding steroid dienone is 1. The van der Waals surface area contributed by atoms with Crippen LogP contribution < -0.4 is 0 Å². The smallest absolute Gasteiger partial charge is 0.225 e. The van der Waals surface area contributed by atoms with Gasteiger partial charge in [-0.25, -0.2) is 0 Å². The SMILES string of the molecule is C=CCC(C)C(=O)N(C)CC. The molecule has 64 valence electrons. The van der Waals surface area contributed by atoms with Crippen molar-refractivity contribution in [2.24, 2.45) is 5.92 Å². The van der Waals surface area contributed by atoms with Crippen molar-refractivity contribution in [2.75, 3.05) is 13.6 Å². The van der Waals surface area contributed by atoms with Crippen molar-refractivity contribution in [2.45, 2.75) is 20.3 Å². The van der Waals surface area contributed by atoms with Crippen molar-refractivity contribution >= 4 is 5.91 Å². The zero-order valence-corrected chi connectivity index (χ0v) is 7.63. The Kier molecular flexibility index (Phi) is 4.59. The van der Waals surface area contributed by atoms with E-state index >= 15 is 0 Å². The van der Waals surface area contributed by atoms with Gasteiger partial charge in [0, 0.05) is 19.5 Å². The van der Waals surface area contributed by atoms with Crippen LogP contribution >= 0.6 is 0 Å². The molecule has 0 radical (unpaired) electrons. The molecule has 0 spiro atoms. The number of carbonyl (C=O) groups excluding carboxylic acids is 1. The Labute approximate surface area is 68.9 Å². The van der Waals surface area contributed by atoms with Crippen molar-refractivity contribution in [1.82, 2.24) is 4.90 Å². The zero-order valence-electron chi connectivity index (χ0n) is 7.63. The summed E-state index contributed by atoms with van der Waals surface area (Å²) in [5, 5.41) is 0. The van der Waals surface area contributed by atoms with Crippen molar-refractivity contribution in [3.63, 3.8) is 0 Å². The van der Waals surface area contributed by atoms with Gasteiger partial charge in [-0.3, -0.25) is 4.79 Å². The van der Waals surface area contributed by atoms with Crippen LogP contribution in [0.1, 0.15) is 20.3 Å². The second-order valence-corrected chi connectivity index (χ2v) is 2.78. The maximum atomic E-state index is 11.3. The molecule has 0 aliphatic carbocycles. The number of amides is 1. The molecule has 0 aromatic carbocycles. The van der Waals surface area contributed by atoms with E-state index in [0.717, 1.165) is 13.0 Å². The molecule has 0 saturated carbocycles. The van der Waals surface area contributed by atoms with E-state index in [0.29, 0.717) is 0 Å². The molecule has 11 heavy (non-hydrogen) atoms. The maximum absolute atomic E-state index is 11.3. The lowest BCUT2D eigenvalue weighted by Gasteiger charge is -2.18. The topological polar surface area (TPSA) is 20.3 Å². The van der Waals surface area contributed by atoms with E-state index in [9.17, 15) is 4.79 Å². The van der Waals surface area contributed by atoms with Crippen LogP contribution in [0.2, 0.25) is 0 Å². The molecule has 0 aromatic heterocycles. The Morgan fingerprint density at radius 2 is 2.27 bits per heavy atom. The van der Waals surface area contributed by atoms with Gasteiger partial charge < -0.3 is 4.90 Å². The van der Waals surface area contributed by atoms with Gasteiger partial charge in [-0.05, 0) is 13.3 Å². The largest absolute Gasteiger partial charge is 0.346 e. The average Bonchev–Trinajstić information content (AvgIpc) is 2.02. The predicted octanol–water partition coefficient (Wildman–Crippen LogP) is 1.68. The molecule has 0 fully saturated rings. The molecule has 0 saturated heterocycles. The molecule has 2 heteroatoms. The third-order valence-electron chi connectivity index (χ3n) is 1.79. The van der Waals surface area contributed by atoms with E-state index in [4.69, 9.17) is 0 Å². The quantitative estimate of drug-likeness (QED) is 0.566. The minimum Gasteiger partial charge on any atom is -0.346 e. The Balaban J connectivity index is 3.90. The molecule has 0 aliphatic rings. The van der Waals surface area contributed by atoms with Gasteiger partial charge in [0.05, 0.1) is 0 Å². The van der Waals surface area contributed by atoms with Gasteiger partial charge in [-0.15, -0.1) is 6.58 Å². The molecular formula is C9H17NO. The fourth-order valence-corrected chi connectivity index (χ4v) is 0.883. The van der Waals surface area contributed by atoms with Crippen LogP contribution in [0.15, 0.2) is 12.7 Å². The lowest BCUT2D eigenvalue weighted by atomic mass is 10.1. The molecule has 2 nitrogen and oxygen atoms in total. The fraction of sp³-hybridized carbons (Fsp3) is 0.667. The van der Waals surface area contributed by atoms with E-state index in [-0.39, 0.29) is 11.8 Å². The van der Waals surface area contributed by atoms with Crippen LogP contribution in [0.4, 0.5) is 0 Å². The molecule has 0 rings (SSSR count). The summed E-state index contributed by atoms with van der Waals surface area (Å²) in [6.07, 6.45) is 2.55. The second-order valence-electron chi connectivity index (χ2n) is 2.78. The molecule has 1 amide bonds. The zero-order chi connectivity index (χ0) is 8.85. The summed E-state index contributed by atoms with van der Waals surface area (Å²) in [5.74, 6) is 0.282. The van der Waals surface area contributed by atoms with Gasteiger partial charge in [-0.1, -0.05) is 13.0 Å². The minimum absolute atomic E-state index is 0.0810. The molecular weight excluding hydrogens is 138 g/mol. The lowest BCUT2D eigenvalue weighted by molar-refractivity contribution is -0.133. The van der Waals surface area contributed by atoms with Crippen molar-refractivity contribution in [1.29, 1.82) is 0 Å². The van der Waals surface area contributed by atoms with E-state index in [1.807, 2.05) is 20.9 Å². The Hall–Kier alpha value is -0.790. The molecule has 0 bridgehead atoms. The number of nitrogens with zero attached hydrogens (tertiary/aromatic N) is 1. The average molecular weight is 155 g/mol. The van der Waals surface area contributed by atoms with Crippen LogP contribution in [0.3, 0.4) is 0 Å². The first-order valence-electron chi connectivity index (χ1n) is 3.99. The van der Waals surface area contributed by atoms with Crippen LogP contribution in [0, 0.1) is 5.92 Å². The Bertz CT molecular complexity index is 142. The summed E-state index contributed by atoms with van der Waals surface area (Å²) in [5.41, 5.74) is 0. The van der Waals surface area contributed by atoms with E-state index in [2.05, 4.69) is 6.58 Å². The highest BCUT2D eigenvalue weighted by atomic mass is 16.2. The summed E-state index contributed by atoms with van der Waals surface area (Å²) in [6.45, 7) is 8.27. The molecule has 0 N–H and O–H groups in total. The first-order valence-corrected chi connectivity index (χ1v) is 3.99. The standard InChI is InChI=1S/C9H17NO/c1-5-7-8(3)9(11)10(4)6-2/h5,8H,1,6-7H2,2-4H3. The van der Waals surface area contributed by atoms with Crippen LogP contribution in [-0.4, -0.2) is 24.4 Å². The van der Waals surface area contributed by atoms with Crippen LogP contribution in [0.5, 0.6) is 0 Å². The first-order chi connectivity index (χ1) is 5.13. The van der Waals surface area contributed by atoms with Gasteiger partial charge in [-0.2, -0.15) is 0 Å². The second kappa shape index (κ2) is 4.94.